The second-order valence-corrected chi connectivity index (χ2v) is 4.68. The van der Waals surface area contributed by atoms with E-state index in [0.717, 1.165) is 5.39 Å². The zero-order valence-electron chi connectivity index (χ0n) is 10.9. The molecule has 0 aliphatic heterocycles. The van der Waals surface area contributed by atoms with Crippen LogP contribution in [-0.4, -0.2) is 12.7 Å². The van der Waals surface area contributed by atoms with Crippen LogP contribution in [0, 0.1) is 0 Å². The highest BCUT2D eigenvalue weighted by Crippen LogP contribution is 2.41. The quantitative estimate of drug-likeness (QED) is 0.877. The summed E-state index contributed by atoms with van der Waals surface area (Å²) in [6.45, 7) is 3.12. The summed E-state index contributed by atoms with van der Waals surface area (Å²) < 4.78 is 40.3. The number of hydrogen-bond donors (Lipinski definition) is 1. The fourth-order valence-corrected chi connectivity index (χ4v) is 2.36. The van der Waals surface area contributed by atoms with E-state index in [9.17, 15) is 13.2 Å². The van der Waals surface area contributed by atoms with Crippen LogP contribution >= 0.6 is 0 Å². The van der Waals surface area contributed by atoms with Crippen molar-refractivity contribution < 1.29 is 13.2 Å². The lowest BCUT2D eigenvalue weighted by Crippen LogP contribution is -2.51. The van der Waals surface area contributed by atoms with Crippen molar-refractivity contribution in [3.05, 3.63) is 48.0 Å². The van der Waals surface area contributed by atoms with E-state index in [0.29, 0.717) is 5.39 Å². The van der Waals surface area contributed by atoms with Crippen LogP contribution in [0.2, 0.25) is 0 Å². The maximum Gasteiger partial charge on any atom is 0.410 e. The lowest BCUT2D eigenvalue weighted by Gasteiger charge is -2.34. The van der Waals surface area contributed by atoms with Crippen molar-refractivity contribution in [1.82, 2.24) is 5.32 Å². The van der Waals surface area contributed by atoms with Gasteiger partial charge in [0.05, 0.1) is 0 Å². The second kappa shape index (κ2) is 4.85. The zero-order chi connectivity index (χ0) is 14.1. The monoisotopic (exact) mass is 267 g/mol. The van der Waals surface area contributed by atoms with Crippen molar-refractivity contribution in [2.45, 2.75) is 25.6 Å². The number of hydrogen-bond acceptors (Lipinski definition) is 1. The molecule has 0 amide bonds. The number of rotatable bonds is 3. The fourth-order valence-electron chi connectivity index (χ4n) is 2.36. The first-order valence-corrected chi connectivity index (χ1v) is 6.20. The third-order valence-electron chi connectivity index (χ3n) is 3.43. The van der Waals surface area contributed by atoms with Crippen LogP contribution in [-0.2, 0) is 5.54 Å². The molecule has 0 fully saturated rings. The molecule has 1 N–H and O–H groups in total. The Labute approximate surface area is 110 Å². The molecule has 0 saturated carbocycles. The first kappa shape index (κ1) is 13.9. The highest BCUT2D eigenvalue weighted by molar-refractivity contribution is 5.86. The fraction of sp³-hybridized carbons (Fsp3) is 0.333. The summed E-state index contributed by atoms with van der Waals surface area (Å²) >= 11 is 0. The third kappa shape index (κ3) is 2.32. The van der Waals surface area contributed by atoms with Gasteiger partial charge in [-0.1, -0.05) is 49.4 Å². The van der Waals surface area contributed by atoms with Crippen molar-refractivity contribution in [2.75, 3.05) is 6.54 Å². The maximum absolute atomic E-state index is 13.4. The smallest absolute Gasteiger partial charge is 0.300 e. The molecule has 0 saturated heterocycles. The Morgan fingerprint density at radius 3 is 2.26 bits per heavy atom. The number of benzene rings is 2. The number of alkyl halides is 3. The molecular formula is C15H16F3N. The van der Waals surface area contributed by atoms with Gasteiger partial charge in [0.2, 0.25) is 0 Å². The van der Waals surface area contributed by atoms with Crippen molar-refractivity contribution in [1.29, 1.82) is 0 Å². The van der Waals surface area contributed by atoms with E-state index in [-0.39, 0.29) is 12.1 Å². The molecule has 0 aromatic heterocycles. The molecule has 1 atom stereocenters. The molecule has 0 aliphatic rings. The van der Waals surface area contributed by atoms with Crippen LogP contribution in [0.25, 0.3) is 10.8 Å². The van der Waals surface area contributed by atoms with Gasteiger partial charge in [0.15, 0.2) is 0 Å². The van der Waals surface area contributed by atoms with Gasteiger partial charge >= 0.3 is 6.18 Å². The normalized spacial score (nSPS) is 15.4. The molecule has 1 nitrogen and oxygen atoms in total. The third-order valence-corrected chi connectivity index (χ3v) is 3.43. The molecular weight excluding hydrogens is 251 g/mol. The van der Waals surface area contributed by atoms with Crippen LogP contribution in [0.15, 0.2) is 42.5 Å². The SMILES string of the molecule is CCNC(C)(c1cccc2ccccc12)C(F)(F)F. The van der Waals surface area contributed by atoms with Crippen LogP contribution in [0.4, 0.5) is 13.2 Å². The summed E-state index contributed by atoms with van der Waals surface area (Å²) in [5.41, 5.74) is -1.78. The van der Waals surface area contributed by atoms with E-state index in [1.807, 2.05) is 18.2 Å². The van der Waals surface area contributed by atoms with E-state index in [2.05, 4.69) is 5.32 Å². The number of nitrogens with one attached hydrogen (secondary N) is 1. The van der Waals surface area contributed by atoms with Crippen molar-refractivity contribution in [2.24, 2.45) is 0 Å². The Kier molecular flexibility index (Phi) is 3.54. The summed E-state index contributed by atoms with van der Waals surface area (Å²) in [6, 6.07) is 12.2. The Bertz CT molecular complexity index is 572. The summed E-state index contributed by atoms with van der Waals surface area (Å²) in [5.74, 6) is 0. The molecule has 0 spiro atoms. The largest absolute Gasteiger partial charge is 0.410 e. The standard InChI is InChI=1S/C15H16F3N/c1-3-19-14(2,15(16,17)18)13-10-6-8-11-7-4-5-9-12(11)13/h4-10,19H,3H2,1-2H3. The predicted molar refractivity (Wildman–Crippen MR) is 71.0 cm³/mol. The summed E-state index contributed by atoms with van der Waals surface area (Å²) in [4.78, 5) is 0. The minimum absolute atomic E-state index is 0.249. The van der Waals surface area contributed by atoms with Gasteiger partial charge in [-0.05, 0) is 29.8 Å². The van der Waals surface area contributed by atoms with E-state index >= 15 is 0 Å². The van der Waals surface area contributed by atoms with Crippen LogP contribution in [0.3, 0.4) is 0 Å². The first-order valence-electron chi connectivity index (χ1n) is 6.20. The van der Waals surface area contributed by atoms with Gasteiger partial charge in [0, 0.05) is 0 Å². The van der Waals surface area contributed by atoms with E-state index < -0.39 is 11.7 Å². The van der Waals surface area contributed by atoms with Crippen molar-refractivity contribution in [3.63, 3.8) is 0 Å². The second-order valence-electron chi connectivity index (χ2n) is 4.68. The summed E-state index contributed by atoms with van der Waals surface area (Å²) in [6.07, 6.45) is -4.35. The minimum Gasteiger partial charge on any atom is -0.300 e. The van der Waals surface area contributed by atoms with Gasteiger partial charge in [0.25, 0.3) is 0 Å². The molecule has 2 aromatic rings. The summed E-state index contributed by atoms with van der Waals surface area (Å²) in [5, 5.41) is 4.03. The predicted octanol–water partition coefficient (Wildman–Crippen LogP) is 4.23. The van der Waals surface area contributed by atoms with E-state index in [4.69, 9.17) is 0 Å². The molecule has 0 aliphatic carbocycles. The molecule has 4 heteroatoms. The molecule has 2 aromatic carbocycles. The lowest BCUT2D eigenvalue weighted by molar-refractivity contribution is -0.194. The molecule has 2 rings (SSSR count). The Morgan fingerprint density at radius 2 is 1.63 bits per heavy atom. The molecule has 1 unspecified atom stereocenters. The van der Waals surface area contributed by atoms with Gasteiger partial charge in [-0.25, -0.2) is 0 Å². The van der Waals surface area contributed by atoms with Gasteiger partial charge in [-0.15, -0.1) is 0 Å². The molecule has 0 radical (unpaired) electrons. The van der Waals surface area contributed by atoms with Gasteiger partial charge in [-0.2, -0.15) is 13.2 Å². The highest BCUT2D eigenvalue weighted by Gasteiger charge is 2.52. The van der Waals surface area contributed by atoms with E-state index in [1.54, 1.807) is 31.2 Å². The Hall–Kier alpha value is -1.55. The average molecular weight is 267 g/mol. The van der Waals surface area contributed by atoms with Gasteiger partial charge in [0.1, 0.15) is 5.54 Å². The summed E-state index contributed by atoms with van der Waals surface area (Å²) in [7, 11) is 0. The zero-order valence-corrected chi connectivity index (χ0v) is 10.9. The van der Waals surface area contributed by atoms with Gasteiger partial charge in [-0.3, -0.25) is 0 Å². The first-order chi connectivity index (χ1) is 8.90. The number of halogens is 3. The lowest BCUT2D eigenvalue weighted by atomic mass is 9.87. The molecule has 102 valence electrons. The van der Waals surface area contributed by atoms with Crippen LogP contribution < -0.4 is 5.32 Å². The van der Waals surface area contributed by atoms with Crippen molar-refractivity contribution in [3.8, 4) is 0 Å². The topological polar surface area (TPSA) is 12.0 Å². The van der Waals surface area contributed by atoms with Crippen LogP contribution in [0.1, 0.15) is 19.4 Å². The van der Waals surface area contributed by atoms with E-state index in [1.165, 1.54) is 6.92 Å². The Balaban J connectivity index is 2.70. The molecule has 19 heavy (non-hydrogen) atoms. The van der Waals surface area contributed by atoms with Crippen molar-refractivity contribution >= 4 is 10.8 Å². The molecule has 0 bridgehead atoms. The Morgan fingerprint density at radius 1 is 1.00 bits per heavy atom. The minimum atomic E-state index is -4.35. The van der Waals surface area contributed by atoms with Crippen LogP contribution in [0.5, 0.6) is 0 Å². The maximum atomic E-state index is 13.4. The number of fused-ring (bicyclic) bond motifs is 1. The molecule has 0 heterocycles. The van der Waals surface area contributed by atoms with Gasteiger partial charge < -0.3 is 5.32 Å². The highest BCUT2D eigenvalue weighted by atomic mass is 19.4. The average Bonchev–Trinajstić information content (AvgIpc) is 2.37.